The summed E-state index contributed by atoms with van der Waals surface area (Å²) >= 11 is 0. The molecule has 2 aromatic carbocycles. The highest BCUT2D eigenvalue weighted by molar-refractivity contribution is 7.92. The number of rotatable bonds is 9. The van der Waals surface area contributed by atoms with Crippen LogP contribution in [0.2, 0.25) is 0 Å². The molecule has 0 N–H and O–H groups in total. The normalized spacial score (nSPS) is 10.8. The number of sulfonamides is 1. The van der Waals surface area contributed by atoms with Crippen LogP contribution in [0.3, 0.4) is 0 Å². The van der Waals surface area contributed by atoms with E-state index in [2.05, 4.69) is 0 Å². The standard InChI is InChI=1S/C20H22N2O5S/c1-3-26-18-9-11-19(12-10-18)28(24,25)22(15-20(23)27-4-2)17-7-5-16(6-8-17)13-14-21/h5-12H,3-4,13,15H2,1-2H3. The summed E-state index contributed by atoms with van der Waals surface area (Å²) < 4.78 is 37.6. The van der Waals surface area contributed by atoms with Crippen LogP contribution in [0.25, 0.3) is 0 Å². The molecule has 2 rings (SSSR count). The zero-order chi connectivity index (χ0) is 20.6. The van der Waals surface area contributed by atoms with Crippen molar-refractivity contribution in [3.05, 3.63) is 54.1 Å². The predicted molar refractivity (Wildman–Crippen MR) is 105 cm³/mol. The summed E-state index contributed by atoms with van der Waals surface area (Å²) in [6.07, 6.45) is 0.212. The highest BCUT2D eigenvalue weighted by atomic mass is 32.2. The van der Waals surface area contributed by atoms with Gasteiger partial charge in [-0.25, -0.2) is 8.42 Å². The third-order valence-electron chi connectivity index (χ3n) is 3.81. The molecule has 0 saturated heterocycles. The van der Waals surface area contributed by atoms with Crippen LogP contribution in [0.5, 0.6) is 5.75 Å². The number of anilines is 1. The third kappa shape index (κ3) is 5.24. The average molecular weight is 402 g/mol. The van der Waals surface area contributed by atoms with E-state index in [4.69, 9.17) is 14.7 Å². The summed E-state index contributed by atoms with van der Waals surface area (Å²) in [4.78, 5) is 12.1. The first-order chi connectivity index (χ1) is 13.4. The van der Waals surface area contributed by atoms with Gasteiger partial charge in [-0.15, -0.1) is 0 Å². The van der Waals surface area contributed by atoms with Gasteiger partial charge in [0.05, 0.1) is 36.3 Å². The van der Waals surface area contributed by atoms with Gasteiger partial charge in [0, 0.05) is 0 Å². The Bertz CT molecular complexity index is 932. The maximum absolute atomic E-state index is 13.2. The fourth-order valence-electron chi connectivity index (χ4n) is 2.51. The van der Waals surface area contributed by atoms with E-state index in [0.717, 1.165) is 9.87 Å². The second-order valence-corrected chi connectivity index (χ2v) is 7.58. The fraction of sp³-hybridized carbons (Fsp3) is 0.300. The maximum Gasteiger partial charge on any atom is 0.326 e. The van der Waals surface area contributed by atoms with E-state index in [0.29, 0.717) is 18.0 Å². The predicted octanol–water partition coefficient (Wildman–Crippen LogP) is 2.91. The van der Waals surface area contributed by atoms with Gasteiger partial charge in [-0.05, 0) is 55.8 Å². The highest BCUT2D eigenvalue weighted by Crippen LogP contribution is 2.25. The Morgan fingerprint density at radius 1 is 1.04 bits per heavy atom. The fourth-order valence-corrected chi connectivity index (χ4v) is 3.92. The molecule has 8 heteroatoms. The molecule has 0 aliphatic heterocycles. The Kier molecular flexibility index (Phi) is 7.41. The summed E-state index contributed by atoms with van der Waals surface area (Å²) in [6.45, 7) is 3.65. The smallest absolute Gasteiger partial charge is 0.326 e. The number of esters is 1. The molecule has 148 valence electrons. The van der Waals surface area contributed by atoms with Gasteiger partial charge in [0.15, 0.2) is 0 Å². The highest BCUT2D eigenvalue weighted by Gasteiger charge is 2.27. The lowest BCUT2D eigenvalue weighted by molar-refractivity contribution is -0.141. The van der Waals surface area contributed by atoms with Crippen molar-refractivity contribution in [1.29, 1.82) is 5.26 Å². The van der Waals surface area contributed by atoms with E-state index in [1.807, 2.05) is 13.0 Å². The quantitative estimate of drug-likeness (QED) is 0.598. The lowest BCUT2D eigenvalue weighted by atomic mass is 10.1. The van der Waals surface area contributed by atoms with Crippen molar-refractivity contribution < 1.29 is 22.7 Å². The van der Waals surface area contributed by atoms with Gasteiger partial charge in [0.1, 0.15) is 12.3 Å². The Morgan fingerprint density at radius 3 is 2.21 bits per heavy atom. The number of hydrogen-bond acceptors (Lipinski definition) is 6. The van der Waals surface area contributed by atoms with Crippen LogP contribution in [-0.2, 0) is 26.0 Å². The largest absolute Gasteiger partial charge is 0.494 e. The van der Waals surface area contributed by atoms with Crippen molar-refractivity contribution in [1.82, 2.24) is 0 Å². The van der Waals surface area contributed by atoms with Crippen LogP contribution in [0, 0.1) is 11.3 Å². The van der Waals surface area contributed by atoms with Crippen molar-refractivity contribution >= 4 is 21.7 Å². The van der Waals surface area contributed by atoms with Crippen LogP contribution in [-0.4, -0.2) is 34.1 Å². The Balaban J connectivity index is 2.41. The Morgan fingerprint density at radius 2 is 1.68 bits per heavy atom. The number of hydrogen-bond donors (Lipinski definition) is 0. The monoisotopic (exact) mass is 402 g/mol. The summed E-state index contributed by atoms with van der Waals surface area (Å²) in [5.41, 5.74) is 1.06. The molecule has 28 heavy (non-hydrogen) atoms. The second kappa shape index (κ2) is 9.76. The van der Waals surface area contributed by atoms with Gasteiger partial charge in [-0.3, -0.25) is 9.10 Å². The minimum atomic E-state index is -4.01. The van der Waals surface area contributed by atoms with E-state index in [1.165, 1.54) is 12.1 Å². The molecular weight excluding hydrogens is 380 g/mol. The zero-order valence-corrected chi connectivity index (χ0v) is 16.6. The number of nitriles is 1. The van der Waals surface area contributed by atoms with Crippen molar-refractivity contribution in [3.63, 3.8) is 0 Å². The van der Waals surface area contributed by atoms with Gasteiger partial charge < -0.3 is 9.47 Å². The van der Waals surface area contributed by atoms with Crippen LogP contribution >= 0.6 is 0 Å². The minimum Gasteiger partial charge on any atom is -0.494 e. The van der Waals surface area contributed by atoms with E-state index in [1.54, 1.807) is 43.3 Å². The number of carbonyl (C=O) groups is 1. The first-order valence-corrected chi connectivity index (χ1v) is 10.2. The molecule has 7 nitrogen and oxygen atoms in total. The third-order valence-corrected chi connectivity index (χ3v) is 5.60. The zero-order valence-electron chi connectivity index (χ0n) is 15.8. The molecule has 0 aliphatic rings. The molecule has 0 heterocycles. The number of ether oxygens (including phenoxy) is 2. The van der Waals surface area contributed by atoms with Crippen molar-refractivity contribution in [3.8, 4) is 11.8 Å². The number of nitrogens with zero attached hydrogens (tertiary/aromatic N) is 2. The molecule has 0 radical (unpaired) electrons. The molecule has 0 saturated carbocycles. The maximum atomic E-state index is 13.2. The van der Waals surface area contributed by atoms with E-state index in [9.17, 15) is 13.2 Å². The summed E-state index contributed by atoms with van der Waals surface area (Å²) in [5.74, 6) is -0.0997. The molecule has 0 spiro atoms. The Labute approximate surface area is 165 Å². The van der Waals surface area contributed by atoms with Crippen LogP contribution in [0.15, 0.2) is 53.4 Å². The van der Waals surface area contributed by atoms with E-state index in [-0.39, 0.29) is 17.9 Å². The second-order valence-electron chi connectivity index (χ2n) is 5.72. The molecule has 0 fully saturated rings. The van der Waals surface area contributed by atoms with Crippen molar-refractivity contribution in [2.75, 3.05) is 24.1 Å². The molecule has 0 unspecified atom stereocenters. The topological polar surface area (TPSA) is 96.7 Å². The molecule has 0 amide bonds. The molecule has 0 bridgehead atoms. The molecule has 0 atom stereocenters. The number of carbonyl (C=O) groups excluding carboxylic acids is 1. The van der Waals surface area contributed by atoms with Gasteiger partial charge in [0.25, 0.3) is 10.0 Å². The first-order valence-electron chi connectivity index (χ1n) is 8.79. The van der Waals surface area contributed by atoms with Crippen molar-refractivity contribution in [2.45, 2.75) is 25.2 Å². The van der Waals surface area contributed by atoms with Crippen LogP contribution in [0.4, 0.5) is 5.69 Å². The first kappa shape index (κ1) is 21.3. The molecule has 0 aromatic heterocycles. The molecule has 2 aromatic rings. The molecular formula is C20H22N2O5S. The minimum absolute atomic E-state index is 0.0290. The van der Waals surface area contributed by atoms with Gasteiger partial charge in [-0.2, -0.15) is 5.26 Å². The summed E-state index contributed by atoms with van der Waals surface area (Å²) in [5, 5.41) is 8.79. The van der Waals surface area contributed by atoms with Crippen LogP contribution < -0.4 is 9.04 Å². The van der Waals surface area contributed by atoms with Gasteiger partial charge in [-0.1, -0.05) is 12.1 Å². The summed E-state index contributed by atoms with van der Waals surface area (Å²) in [6, 6.07) is 14.5. The Hall–Kier alpha value is -3.05. The van der Waals surface area contributed by atoms with E-state index < -0.39 is 22.5 Å². The molecule has 0 aliphatic carbocycles. The van der Waals surface area contributed by atoms with Crippen molar-refractivity contribution in [2.24, 2.45) is 0 Å². The lowest BCUT2D eigenvalue weighted by Crippen LogP contribution is -2.36. The summed E-state index contributed by atoms with van der Waals surface area (Å²) in [7, 11) is -4.01. The SMILES string of the molecule is CCOC(=O)CN(c1ccc(CC#N)cc1)S(=O)(=O)c1ccc(OCC)cc1. The number of benzene rings is 2. The van der Waals surface area contributed by atoms with Gasteiger partial charge >= 0.3 is 5.97 Å². The van der Waals surface area contributed by atoms with Crippen LogP contribution in [0.1, 0.15) is 19.4 Å². The van der Waals surface area contributed by atoms with E-state index >= 15 is 0 Å². The van der Waals surface area contributed by atoms with Gasteiger partial charge in [0.2, 0.25) is 0 Å². The average Bonchev–Trinajstić information content (AvgIpc) is 2.68. The lowest BCUT2D eigenvalue weighted by Gasteiger charge is -2.24.